The fourth-order valence-corrected chi connectivity index (χ4v) is 5.06. The van der Waals surface area contributed by atoms with E-state index in [4.69, 9.17) is 9.47 Å². The van der Waals surface area contributed by atoms with E-state index in [-0.39, 0.29) is 18.1 Å². The Balaban J connectivity index is 1.51. The van der Waals surface area contributed by atoms with Crippen LogP contribution in [-0.4, -0.2) is 87.8 Å². The summed E-state index contributed by atoms with van der Waals surface area (Å²) in [4.78, 5) is 14.3. The Kier molecular flexibility index (Phi) is 10.8. The zero-order chi connectivity index (χ0) is 31.0. The largest absolute Gasteiger partial charge is 0.495 e. The number of halogens is 4. The number of aromatic nitrogens is 1. The number of ether oxygens (including phenoxy) is 2. The van der Waals surface area contributed by atoms with Crippen molar-refractivity contribution < 1.29 is 31.8 Å². The van der Waals surface area contributed by atoms with Gasteiger partial charge in [-0.05, 0) is 62.2 Å². The molecule has 1 aliphatic heterocycles. The SMILES string of the molecule is COCCCNC(=O)c1ccc(NCC#Cc2cc3c(NC4CCN(C)CC4F)cccc3n2CC(F)(F)F)c(OC)c1. The van der Waals surface area contributed by atoms with Crippen molar-refractivity contribution >= 4 is 28.2 Å². The minimum absolute atomic E-state index is 0.108. The van der Waals surface area contributed by atoms with Crippen molar-refractivity contribution in [1.29, 1.82) is 0 Å². The lowest BCUT2D eigenvalue weighted by atomic mass is 10.0. The molecule has 2 atom stereocenters. The number of alkyl halides is 4. The minimum Gasteiger partial charge on any atom is -0.495 e. The van der Waals surface area contributed by atoms with Crippen LogP contribution in [0, 0.1) is 11.8 Å². The van der Waals surface area contributed by atoms with E-state index < -0.39 is 24.9 Å². The summed E-state index contributed by atoms with van der Waals surface area (Å²) in [7, 11) is 4.93. The number of nitrogens with zero attached hydrogens (tertiary/aromatic N) is 2. The van der Waals surface area contributed by atoms with E-state index in [1.54, 1.807) is 49.6 Å². The lowest BCUT2D eigenvalue weighted by molar-refractivity contribution is -0.140. The lowest BCUT2D eigenvalue weighted by Gasteiger charge is -2.33. The van der Waals surface area contributed by atoms with Gasteiger partial charge in [-0.3, -0.25) is 4.79 Å². The Hall–Kier alpha value is -3.95. The van der Waals surface area contributed by atoms with Crippen molar-refractivity contribution in [3.63, 3.8) is 0 Å². The maximum Gasteiger partial charge on any atom is 0.406 e. The van der Waals surface area contributed by atoms with Crippen LogP contribution in [0.2, 0.25) is 0 Å². The molecule has 1 aliphatic rings. The van der Waals surface area contributed by atoms with Crippen molar-refractivity contribution in [2.45, 2.75) is 37.8 Å². The second-order valence-corrected chi connectivity index (χ2v) is 10.5. The second-order valence-electron chi connectivity index (χ2n) is 10.5. The molecule has 232 valence electrons. The lowest BCUT2D eigenvalue weighted by Crippen LogP contribution is -2.46. The van der Waals surface area contributed by atoms with Crippen LogP contribution in [0.4, 0.5) is 28.9 Å². The maximum absolute atomic E-state index is 14.7. The van der Waals surface area contributed by atoms with Gasteiger partial charge in [-0.2, -0.15) is 13.2 Å². The minimum atomic E-state index is -4.47. The number of benzene rings is 2. The van der Waals surface area contributed by atoms with Crippen LogP contribution in [0.3, 0.4) is 0 Å². The van der Waals surface area contributed by atoms with Gasteiger partial charge in [0, 0.05) is 50.0 Å². The molecule has 1 saturated heterocycles. The van der Waals surface area contributed by atoms with Gasteiger partial charge in [-0.15, -0.1) is 0 Å². The summed E-state index contributed by atoms with van der Waals surface area (Å²) in [6, 6.07) is 11.1. The monoisotopic (exact) mass is 603 g/mol. The van der Waals surface area contributed by atoms with Gasteiger partial charge in [0.05, 0.1) is 36.6 Å². The average Bonchev–Trinajstić information content (AvgIpc) is 3.31. The quantitative estimate of drug-likeness (QED) is 0.165. The summed E-state index contributed by atoms with van der Waals surface area (Å²) >= 11 is 0. The Morgan fingerprint density at radius 1 is 1.14 bits per heavy atom. The number of hydrogen-bond donors (Lipinski definition) is 3. The number of fused-ring (bicyclic) bond motifs is 1. The van der Waals surface area contributed by atoms with Crippen LogP contribution in [0.25, 0.3) is 10.9 Å². The number of carbonyl (C=O) groups excluding carboxylic acids is 1. The third kappa shape index (κ3) is 8.55. The van der Waals surface area contributed by atoms with Gasteiger partial charge >= 0.3 is 6.18 Å². The molecule has 1 fully saturated rings. The molecule has 43 heavy (non-hydrogen) atoms. The van der Waals surface area contributed by atoms with Crippen molar-refractivity contribution in [2.75, 3.05) is 64.7 Å². The maximum atomic E-state index is 14.7. The highest BCUT2D eigenvalue weighted by Gasteiger charge is 2.31. The van der Waals surface area contributed by atoms with Gasteiger partial charge in [0.1, 0.15) is 18.5 Å². The highest BCUT2D eigenvalue weighted by Crippen LogP contribution is 2.32. The molecule has 1 aromatic heterocycles. The molecule has 3 N–H and O–H groups in total. The van der Waals surface area contributed by atoms with E-state index in [2.05, 4.69) is 27.8 Å². The molecule has 0 radical (unpaired) electrons. The molecule has 8 nitrogen and oxygen atoms in total. The zero-order valence-corrected chi connectivity index (χ0v) is 24.5. The molecular weight excluding hydrogens is 566 g/mol. The summed E-state index contributed by atoms with van der Waals surface area (Å²) in [5.41, 5.74) is 2.13. The van der Waals surface area contributed by atoms with Gasteiger partial charge in [0.2, 0.25) is 0 Å². The molecule has 1 amide bonds. The van der Waals surface area contributed by atoms with E-state index in [1.165, 1.54) is 7.11 Å². The van der Waals surface area contributed by atoms with Crippen LogP contribution in [0.1, 0.15) is 28.9 Å². The van der Waals surface area contributed by atoms with E-state index in [0.29, 0.717) is 66.1 Å². The second kappa shape index (κ2) is 14.5. The molecule has 2 unspecified atom stereocenters. The molecule has 0 spiro atoms. The van der Waals surface area contributed by atoms with E-state index in [1.807, 2.05) is 11.9 Å². The molecule has 0 saturated carbocycles. The van der Waals surface area contributed by atoms with Gasteiger partial charge in [0.25, 0.3) is 5.91 Å². The first-order chi connectivity index (χ1) is 20.6. The Bertz CT molecular complexity index is 1460. The van der Waals surface area contributed by atoms with Crippen LogP contribution in [-0.2, 0) is 11.3 Å². The number of methoxy groups -OCH3 is 2. The third-order valence-corrected chi connectivity index (χ3v) is 7.23. The number of hydrogen-bond acceptors (Lipinski definition) is 6. The highest BCUT2D eigenvalue weighted by atomic mass is 19.4. The molecule has 3 aromatic rings. The van der Waals surface area contributed by atoms with Gasteiger partial charge in [0.15, 0.2) is 0 Å². The van der Waals surface area contributed by atoms with Crippen molar-refractivity contribution in [2.24, 2.45) is 0 Å². The summed E-state index contributed by atoms with van der Waals surface area (Å²) in [6.45, 7) is 0.934. The predicted molar refractivity (Wildman–Crippen MR) is 160 cm³/mol. The number of rotatable bonds is 11. The molecule has 12 heteroatoms. The van der Waals surface area contributed by atoms with Crippen molar-refractivity contribution in [3.05, 3.63) is 53.7 Å². The van der Waals surface area contributed by atoms with E-state index in [9.17, 15) is 22.4 Å². The molecular formula is C31H37F4N5O3. The first-order valence-electron chi connectivity index (χ1n) is 14.1. The van der Waals surface area contributed by atoms with Gasteiger partial charge in [-0.1, -0.05) is 12.0 Å². The normalized spacial score (nSPS) is 17.3. The summed E-state index contributed by atoms with van der Waals surface area (Å²) in [6.07, 6.45) is -4.29. The van der Waals surface area contributed by atoms with Crippen LogP contribution < -0.4 is 20.7 Å². The van der Waals surface area contributed by atoms with Gasteiger partial charge < -0.3 is 34.9 Å². The fourth-order valence-electron chi connectivity index (χ4n) is 5.06. The molecule has 4 rings (SSSR count). The van der Waals surface area contributed by atoms with Crippen LogP contribution in [0.5, 0.6) is 5.75 Å². The molecule has 2 aromatic carbocycles. The average molecular weight is 604 g/mol. The fraction of sp³-hybridized carbons (Fsp3) is 0.452. The molecule has 0 bridgehead atoms. The Morgan fingerprint density at radius 2 is 1.95 bits per heavy atom. The Labute approximate surface area is 248 Å². The van der Waals surface area contributed by atoms with Crippen LogP contribution >= 0.6 is 0 Å². The summed E-state index contributed by atoms with van der Waals surface area (Å²) in [5.74, 6) is 5.94. The molecule has 2 heterocycles. The highest BCUT2D eigenvalue weighted by molar-refractivity contribution is 5.95. The number of anilines is 2. The zero-order valence-electron chi connectivity index (χ0n) is 24.5. The van der Waals surface area contributed by atoms with E-state index in [0.717, 1.165) is 11.1 Å². The van der Waals surface area contributed by atoms with Gasteiger partial charge in [-0.25, -0.2) is 4.39 Å². The Morgan fingerprint density at radius 3 is 2.67 bits per heavy atom. The van der Waals surface area contributed by atoms with Crippen molar-refractivity contribution in [1.82, 2.24) is 14.8 Å². The van der Waals surface area contributed by atoms with E-state index >= 15 is 0 Å². The number of piperidine rings is 1. The third-order valence-electron chi connectivity index (χ3n) is 7.23. The van der Waals surface area contributed by atoms with Crippen molar-refractivity contribution in [3.8, 4) is 17.6 Å². The summed E-state index contributed by atoms with van der Waals surface area (Å²) in [5, 5.41) is 9.69. The number of amides is 1. The topological polar surface area (TPSA) is 79.8 Å². The standard InChI is InChI=1S/C31H37F4N5O3/c1-39-15-12-26(24(32)19-39)38-25-8-4-9-28-23(25)18-22(40(28)20-31(33,34)35)7-5-13-36-27-11-10-21(17-29(27)43-3)30(41)37-14-6-16-42-2/h4,8-11,17-18,24,26,36,38H,6,12-16,19-20H2,1-3H3,(H,37,41). The van der Waals surface area contributed by atoms with Crippen LogP contribution in [0.15, 0.2) is 42.5 Å². The first-order valence-corrected chi connectivity index (χ1v) is 14.1. The summed E-state index contributed by atoms with van der Waals surface area (Å²) < 4.78 is 67.0. The predicted octanol–water partition coefficient (Wildman–Crippen LogP) is 4.90. The number of likely N-dealkylation sites (tertiary alicyclic amines) is 1. The number of nitrogens with one attached hydrogen (secondary N) is 3. The smallest absolute Gasteiger partial charge is 0.406 e. The molecule has 0 aliphatic carbocycles. The first kappa shape index (κ1) is 32.0. The number of carbonyl (C=O) groups is 1.